The maximum absolute atomic E-state index is 12.2. The van der Waals surface area contributed by atoms with Gasteiger partial charge in [-0.2, -0.15) is 0 Å². The molecule has 1 aromatic carbocycles. The molecule has 5 nitrogen and oxygen atoms in total. The number of nitrogens with one attached hydrogen (secondary N) is 1. The Hall–Kier alpha value is -1.88. The molecule has 2 amide bonds. The molecule has 1 aromatic rings. The molecule has 108 valence electrons. The van der Waals surface area contributed by atoms with E-state index in [2.05, 4.69) is 5.32 Å². The van der Waals surface area contributed by atoms with Crippen molar-refractivity contribution in [1.82, 2.24) is 5.32 Å². The summed E-state index contributed by atoms with van der Waals surface area (Å²) in [6.45, 7) is 0.995. The van der Waals surface area contributed by atoms with Crippen LogP contribution in [0.2, 0.25) is 0 Å². The summed E-state index contributed by atoms with van der Waals surface area (Å²) in [7, 11) is 1.58. The second-order valence-corrected chi connectivity index (χ2v) is 4.80. The van der Waals surface area contributed by atoms with Gasteiger partial charge in [-0.05, 0) is 24.5 Å². The van der Waals surface area contributed by atoms with Crippen LogP contribution in [0, 0.1) is 0 Å². The average molecular weight is 276 g/mol. The summed E-state index contributed by atoms with van der Waals surface area (Å²) in [6.07, 6.45) is 2.20. The van der Waals surface area contributed by atoms with E-state index in [-0.39, 0.29) is 18.4 Å². The summed E-state index contributed by atoms with van der Waals surface area (Å²) in [5.41, 5.74) is 1.99. The van der Waals surface area contributed by atoms with Gasteiger partial charge in [-0.1, -0.05) is 18.2 Å². The normalized spacial score (nSPS) is 14.7. The molecule has 20 heavy (non-hydrogen) atoms. The molecule has 2 rings (SSSR count). The van der Waals surface area contributed by atoms with Crippen molar-refractivity contribution in [1.29, 1.82) is 0 Å². The van der Waals surface area contributed by atoms with Gasteiger partial charge in [0.05, 0.1) is 6.61 Å². The molecule has 0 unspecified atom stereocenters. The monoisotopic (exact) mass is 276 g/mol. The van der Waals surface area contributed by atoms with E-state index in [0.29, 0.717) is 19.6 Å². The van der Waals surface area contributed by atoms with Gasteiger partial charge in [0, 0.05) is 25.8 Å². The third kappa shape index (κ3) is 3.57. The van der Waals surface area contributed by atoms with Gasteiger partial charge < -0.3 is 15.0 Å². The Morgan fingerprint density at radius 3 is 2.95 bits per heavy atom. The van der Waals surface area contributed by atoms with Crippen molar-refractivity contribution in [2.45, 2.75) is 19.3 Å². The Morgan fingerprint density at radius 1 is 1.35 bits per heavy atom. The van der Waals surface area contributed by atoms with Gasteiger partial charge in [0.25, 0.3) is 0 Å². The number of methoxy groups -OCH3 is 1. The number of rotatable bonds is 5. The largest absolute Gasteiger partial charge is 0.383 e. The summed E-state index contributed by atoms with van der Waals surface area (Å²) in [5.74, 6) is -0.149. The van der Waals surface area contributed by atoms with Crippen LogP contribution in [0.4, 0.5) is 5.69 Å². The SMILES string of the molecule is COCCNC(=O)CN1C(=O)CCCc2ccccc21. The smallest absolute Gasteiger partial charge is 0.240 e. The molecular weight excluding hydrogens is 256 g/mol. The Balaban J connectivity index is 2.08. The van der Waals surface area contributed by atoms with E-state index in [1.165, 1.54) is 0 Å². The first-order valence-corrected chi connectivity index (χ1v) is 6.86. The highest BCUT2D eigenvalue weighted by molar-refractivity contribution is 5.99. The first kappa shape index (κ1) is 14.5. The Kier molecular flexibility index (Phi) is 5.12. The number of hydrogen-bond acceptors (Lipinski definition) is 3. The number of fused-ring (bicyclic) bond motifs is 1. The zero-order valence-electron chi connectivity index (χ0n) is 11.7. The Bertz CT molecular complexity index is 488. The molecule has 0 aliphatic carbocycles. The van der Waals surface area contributed by atoms with Gasteiger partial charge in [0.15, 0.2) is 0 Å². The van der Waals surface area contributed by atoms with E-state index in [1.807, 2.05) is 24.3 Å². The molecule has 0 atom stereocenters. The van der Waals surface area contributed by atoms with E-state index in [9.17, 15) is 9.59 Å². The first-order valence-electron chi connectivity index (χ1n) is 6.86. The maximum atomic E-state index is 12.2. The van der Waals surface area contributed by atoms with Crippen molar-refractivity contribution in [3.63, 3.8) is 0 Å². The lowest BCUT2D eigenvalue weighted by atomic mass is 10.1. The van der Waals surface area contributed by atoms with Gasteiger partial charge >= 0.3 is 0 Å². The maximum Gasteiger partial charge on any atom is 0.240 e. The molecule has 0 saturated heterocycles. The van der Waals surface area contributed by atoms with Crippen LogP contribution in [0.25, 0.3) is 0 Å². The van der Waals surface area contributed by atoms with Gasteiger partial charge in [-0.25, -0.2) is 0 Å². The Labute approximate surface area is 118 Å². The fourth-order valence-electron chi connectivity index (χ4n) is 2.35. The predicted molar refractivity (Wildman–Crippen MR) is 76.6 cm³/mol. The number of nitrogens with zero attached hydrogens (tertiary/aromatic N) is 1. The summed E-state index contributed by atoms with van der Waals surface area (Å²) in [6, 6.07) is 7.78. The van der Waals surface area contributed by atoms with Gasteiger partial charge in [-0.15, -0.1) is 0 Å². The number of carbonyl (C=O) groups excluding carboxylic acids is 2. The standard InChI is InChI=1S/C15H20N2O3/c1-20-10-9-16-14(18)11-17-13-7-3-2-5-12(13)6-4-8-15(17)19/h2-3,5,7H,4,6,8-11H2,1H3,(H,16,18). The van der Waals surface area contributed by atoms with Crippen LogP contribution in [-0.2, 0) is 20.7 Å². The first-order chi connectivity index (χ1) is 9.72. The second kappa shape index (κ2) is 7.05. The van der Waals surface area contributed by atoms with Crippen LogP contribution in [0.15, 0.2) is 24.3 Å². The number of ether oxygens (including phenoxy) is 1. The topological polar surface area (TPSA) is 58.6 Å². The zero-order valence-corrected chi connectivity index (χ0v) is 11.7. The molecule has 1 heterocycles. The van der Waals surface area contributed by atoms with Crippen LogP contribution < -0.4 is 10.2 Å². The number of anilines is 1. The Morgan fingerprint density at radius 2 is 2.15 bits per heavy atom. The lowest BCUT2D eigenvalue weighted by Crippen LogP contribution is -2.41. The second-order valence-electron chi connectivity index (χ2n) is 4.80. The number of carbonyl (C=O) groups is 2. The van der Waals surface area contributed by atoms with Crippen molar-refractivity contribution in [2.75, 3.05) is 31.7 Å². The highest BCUT2D eigenvalue weighted by Crippen LogP contribution is 2.26. The lowest BCUT2D eigenvalue weighted by Gasteiger charge is -2.22. The summed E-state index contributed by atoms with van der Waals surface area (Å²) in [4.78, 5) is 25.6. The zero-order chi connectivity index (χ0) is 14.4. The fourth-order valence-corrected chi connectivity index (χ4v) is 2.35. The molecule has 0 radical (unpaired) electrons. The molecule has 0 aromatic heterocycles. The lowest BCUT2D eigenvalue weighted by molar-refractivity contribution is -0.123. The quantitative estimate of drug-likeness (QED) is 0.820. The number of amides is 2. The van der Waals surface area contributed by atoms with E-state index >= 15 is 0 Å². The van der Waals surface area contributed by atoms with Crippen LogP contribution >= 0.6 is 0 Å². The van der Waals surface area contributed by atoms with Crippen LogP contribution in [0.1, 0.15) is 18.4 Å². The minimum absolute atomic E-state index is 0.0110. The fraction of sp³-hybridized carbons (Fsp3) is 0.467. The van der Waals surface area contributed by atoms with Crippen molar-refractivity contribution in [2.24, 2.45) is 0 Å². The summed E-state index contributed by atoms with van der Waals surface area (Å²) < 4.78 is 4.88. The minimum atomic E-state index is -0.160. The van der Waals surface area contributed by atoms with Crippen molar-refractivity contribution in [3.05, 3.63) is 29.8 Å². The predicted octanol–water partition coefficient (Wildman–Crippen LogP) is 1.12. The van der Waals surface area contributed by atoms with E-state index in [0.717, 1.165) is 24.1 Å². The molecule has 0 fully saturated rings. The molecule has 5 heteroatoms. The molecule has 0 bridgehead atoms. The molecule has 0 spiro atoms. The van der Waals surface area contributed by atoms with Crippen LogP contribution in [0.3, 0.4) is 0 Å². The van der Waals surface area contributed by atoms with E-state index < -0.39 is 0 Å². The number of aryl methyl sites for hydroxylation is 1. The average Bonchev–Trinajstić information content (AvgIpc) is 2.60. The summed E-state index contributed by atoms with van der Waals surface area (Å²) >= 11 is 0. The number of benzene rings is 1. The van der Waals surface area contributed by atoms with Gasteiger partial charge in [-0.3, -0.25) is 9.59 Å². The highest BCUT2D eigenvalue weighted by atomic mass is 16.5. The minimum Gasteiger partial charge on any atom is -0.383 e. The highest BCUT2D eigenvalue weighted by Gasteiger charge is 2.23. The van der Waals surface area contributed by atoms with E-state index in [4.69, 9.17) is 4.74 Å². The number of para-hydroxylation sites is 1. The van der Waals surface area contributed by atoms with Crippen LogP contribution in [0.5, 0.6) is 0 Å². The van der Waals surface area contributed by atoms with Crippen molar-refractivity contribution < 1.29 is 14.3 Å². The van der Waals surface area contributed by atoms with Gasteiger partial charge in [0.1, 0.15) is 6.54 Å². The molecule has 1 N–H and O–H groups in total. The third-order valence-electron chi connectivity index (χ3n) is 3.35. The van der Waals surface area contributed by atoms with Crippen LogP contribution in [-0.4, -0.2) is 38.6 Å². The molecule has 1 aliphatic heterocycles. The van der Waals surface area contributed by atoms with Crippen molar-refractivity contribution >= 4 is 17.5 Å². The number of hydrogen-bond donors (Lipinski definition) is 1. The van der Waals surface area contributed by atoms with Crippen molar-refractivity contribution in [3.8, 4) is 0 Å². The summed E-state index contributed by atoms with van der Waals surface area (Å²) in [5, 5.41) is 2.74. The molecule has 1 aliphatic rings. The van der Waals surface area contributed by atoms with Gasteiger partial charge in [0.2, 0.25) is 11.8 Å². The van der Waals surface area contributed by atoms with E-state index in [1.54, 1.807) is 12.0 Å². The molecule has 0 saturated carbocycles. The third-order valence-corrected chi connectivity index (χ3v) is 3.35. The molecular formula is C15H20N2O3.